The molecule has 1 unspecified atom stereocenters. The van der Waals surface area contributed by atoms with Gasteiger partial charge in [-0.05, 0) is 52.5 Å². The van der Waals surface area contributed by atoms with Crippen LogP contribution in [-0.4, -0.2) is 13.0 Å². The summed E-state index contributed by atoms with van der Waals surface area (Å²) in [5, 5.41) is 3.03. The molecule has 116 valence electrons. The zero-order chi connectivity index (χ0) is 15.9. The third-order valence-electron chi connectivity index (χ3n) is 3.54. The average molecular weight is 362 g/mol. The molecule has 1 N–H and O–H groups in total. The van der Waals surface area contributed by atoms with Crippen molar-refractivity contribution in [1.29, 1.82) is 0 Å². The number of rotatable bonds is 6. The molecule has 4 heteroatoms. The summed E-state index contributed by atoms with van der Waals surface area (Å²) in [4.78, 5) is 12.1. The molecule has 0 aromatic heterocycles. The van der Waals surface area contributed by atoms with Gasteiger partial charge in [-0.15, -0.1) is 0 Å². The first kappa shape index (κ1) is 16.6. The van der Waals surface area contributed by atoms with Gasteiger partial charge < -0.3 is 10.1 Å². The zero-order valence-electron chi connectivity index (χ0n) is 12.8. The molecule has 1 atom stereocenters. The first-order valence-electron chi connectivity index (χ1n) is 7.27. The van der Waals surface area contributed by atoms with E-state index in [2.05, 4.69) is 21.2 Å². The first-order valence-corrected chi connectivity index (χ1v) is 8.06. The van der Waals surface area contributed by atoms with Gasteiger partial charge in [-0.1, -0.05) is 36.4 Å². The molecular weight excluding hydrogens is 342 g/mol. The predicted octanol–water partition coefficient (Wildman–Crippen LogP) is 4.27. The lowest BCUT2D eigenvalue weighted by Gasteiger charge is -2.15. The molecule has 0 heterocycles. The minimum Gasteiger partial charge on any atom is -0.496 e. The number of aryl methyl sites for hydroxylation is 1. The van der Waals surface area contributed by atoms with Crippen molar-refractivity contribution in [3.8, 4) is 5.75 Å². The monoisotopic (exact) mass is 361 g/mol. The van der Waals surface area contributed by atoms with Crippen LogP contribution >= 0.6 is 15.9 Å². The quantitative estimate of drug-likeness (QED) is 0.834. The maximum absolute atomic E-state index is 12.1. The second-order valence-electron chi connectivity index (χ2n) is 5.17. The van der Waals surface area contributed by atoms with Gasteiger partial charge >= 0.3 is 0 Å². The number of benzene rings is 2. The Labute approximate surface area is 139 Å². The normalized spacial score (nSPS) is 11.8. The number of hydrogen-bond donors (Lipinski definition) is 1. The van der Waals surface area contributed by atoms with E-state index < -0.39 is 0 Å². The number of ether oxygens (including phenoxy) is 1. The van der Waals surface area contributed by atoms with Crippen LogP contribution in [0.2, 0.25) is 0 Å². The summed E-state index contributed by atoms with van der Waals surface area (Å²) in [6, 6.07) is 15.8. The van der Waals surface area contributed by atoms with Crippen LogP contribution in [-0.2, 0) is 11.2 Å². The van der Waals surface area contributed by atoms with Crippen LogP contribution < -0.4 is 10.1 Å². The molecule has 0 aliphatic heterocycles. The number of carbonyl (C=O) groups is 1. The Balaban J connectivity index is 1.89. The van der Waals surface area contributed by atoms with Crippen molar-refractivity contribution < 1.29 is 9.53 Å². The molecule has 0 aliphatic carbocycles. The van der Waals surface area contributed by atoms with Crippen molar-refractivity contribution in [2.24, 2.45) is 0 Å². The van der Waals surface area contributed by atoms with Crippen LogP contribution in [0, 0.1) is 0 Å². The second-order valence-corrected chi connectivity index (χ2v) is 6.02. The van der Waals surface area contributed by atoms with E-state index in [1.54, 1.807) is 7.11 Å². The highest BCUT2D eigenvalue weighted by molar-refractivity contribution is 9.10. The summed E-state index contributed by atoms with van der Waals surface area (Å²) in [7, 11) is 1.63. The number of nitrogens with one attached hydrogen (secondary N) is 1. The molecule has 1 amide bonds. The summed E-state index contributed by atoms with van der Waals surface area (Å²) in [6.07, 6.45) is 1.25. The average Bonchev–Trinajstić information content (AvgIpc) is 2.53. The fraction of sp³-hybridized carbons (Fsp3) is 0.278. The Morgan fingerprint density at radius 3 is 2.59 bits per heavy atom. The fourth-order valence-corrected chi connectivity index (χ4v) is 2.81. The van der Waals surface area contributed by atoms with E-state index in [4.69, 9.17) is 4.74 Å². The number of methoxy groups -OCH3 is 1. The Hall–Kier alpha value is -1.81. The predicted molar refractivity (Wildman–Crippen MR) is 92.0 cm³/mol. The Bertz CT molecular complexity index is 628. The molecular formula is C18H20BrNO2. The standard InChI is InChI=1S/C18H20BrNO2/c1-13(15-9-10-17(22-2)16(19)12-15)20-18(21)11-8-14-6-4-3-5-7-14/h3-7,9-10,12-13H,8,11H2,1-2H3,(H,20,21). The van der Waals surface area contributed by atoms with Gasteiger partial charge in [0.2, 0.25) is 5.91 Å². The minimum absolute atomic E-state index is 0.0366. The van der Waals surface area contributed by atoms with Crippen molar-refractivity contribution in [3.05, 3.63) is 64.1 Å². The largest absolute Gasteiger partial charge is 0.496 e. The Kier molecular flexibility index (Phi) is 6.01. The van der Waals surface area contributed by atoms with Crippen molar-refractivity contribution in [2.75, 3.05) is 7.11 Å². The van der Waals surface area contributed by atoms with Crippen molar-refractivity contribution in [3.63, 3.8) is 0 Å². The summed E-state index contributed by atoms with van der Waals surface area (Å²) in [5.74, 6) is 0.842. The van der Waals surface area contributed by atoms with Gasteiger partial charge in [-0.2, -0.15) is 0 Å². The molecule has 0 spiro atoms. The maximum Gasteiger partial charge on any atom is 0.220 e. The van der Waals surface area contributed by atoms with Crippen molar-refractivity contribution >= 4 is 21.8 Å². The van der Waals surface area contributed by atoms with E-state index in [0.29, 0.717) is 6.42 Å². The molecule has 0 saturated heterocycles. The molecule has 0 saturated carbocycles. The van der Waals surface area contributed by atoms with Gasteiger partial charge in [0.1, 0.15) is 5.75 Å². The van der Waals surface area contributed by atoms with E-state index in [0.717, 1.165) is 22.2 Å². The van der Waals surface area contributed by atoms with Gasteiger partial charge in [-0.3, -0.25) is 4.79 Å². The molecule has 22 heavy (non-hydrogen) atoms. The lowest BCUT2D eigenvalue weighted by atomic mass is 10.1. The maximum atomic E-state index is 12.1. The van der Waals surface area contributed by atoms with E-state index in [1.807, 2.05) is 55.5 Å². The second kappa shape index (κ2) is 7.99. The van der Waals surface area contributed by atoms with Gasteiger partial charge in [0.25, 0.3) is 0 Å². The molecule has 0 aliphatic rings. The molecule has 2 aromatic carbocycles. The van der Waals surface area contributed by atoms with Gasteiger partial charge in [-0.25, -0.2) is 0 Å². The highest BCUT2D eigenvalue weighted by atomic mass is 79.9. The number of amides is 1. The van der Waals surface area contributed by atoms with Crippen LogP contribution in [0.4, 0.5) is 0 Å². The van der Waals surface area contributed by atoms with E-state index in [9.17, 15) is 4.79 Å². The topological polar surface area (TPSA) is 38.3 Å². The first-order chi connectivity index (χ1) is 10.6. The Morgan fingerprint density at radius 2 is 1.95 bits per heavy atom. The van der Waals surface area contributed by atoms with Crippen LogP contribution in [0.15, 0.2) is 53.0 Å². The summed E-state index contributed by atoms with van der Waals surface area (Å²) >= 11 is 3.47. The van der Waals surface area contributed by atoms with E-state index in [-0.39, 0.29) is 11.9 Å². The number of halogens is 1. The van der Waals surface area contributed by atoms with Crippen LogP contribution in [0.3, 0.4) is 0 Å². The van der Waals surface area contributed by atoms with Crippen LogP contribution in [0.5, 0.6) is 5.75 Å². The smallest absolute Gasteiger partial charge is 0.220 e. The van der Waals surface area contributed by atoms with Crippen molar-refractivity contribution in [2.45, 2.75) is 25.8 Å². The molecule has 2 rings (SSSR count). The summed E-state index contributed by atoms with van der Waals surface area (Å²) in [6.45, 7) is 1.98. The van der Waals surface area contributed by atoms with E-state index in [1.165, 1.54) is 5.56 Å². The Morgan fingerprint density at radius 1 is 1.23 bits per heavy atom. The lowest BCUT2D eigenvalue weighted by Crippen LogP contribution is -2.26. The van der Waals surface area contributed by atoms with Crippen LogP contribution in [0.25, 0.3) is 0 Å². The molecule has 2 aromatic rings. The van der Waals surface area contributed by atoms with Crippen molar-refractivity contribution in [1.82, 2.24) is 5.32 Å². The summed E-state index contributed by atoms with van der Waals surface area (Å²) < 4.78 is 6.10. The molecule has 0 fully saturated rings. The van der Waals surface area contributed by atoms with Gasteiger partial charge in [0.15, 0.2) is 0 Å². The SMILES string of the molecule is COc1ccc(C(C)NC(=O)CCc2ccccc2)cc1Br. The van der Waals surface area contributed by atoms with Gasteiger partial charge in [0.05, 0.1) is 17.6 Å². The minimum atomic E-state index is -0.0366. The molecule has 0 radical (unpaired) electrons. The number of carbonyl (C=O) groups excluding carboxylic acids is 1. The summed E-state index contributed by atoms with van der Waals surface area (Å²) in [5.41, 5.74) is 2.22. The fourth-order valence-electron chi connectivity index (χ4n) is 2.25. The highest BCUT2D eigenvalue weighted by Gasteiger charge is 2.11. The molecule has 0 bridgehead atoms. The zero-order valence-corrected chi connectivity index (χ0v) is 14.4. The third-order valence-corrected chi connectivity index (χ3v) is 4.16. The lowest BCUT2D eigenvalue weighted by molar-refractivity contribution is -0.121. The van der Waals surface area contributed by atoms with Gasteiger partial charge in [0, 0.05) is 6.42 Å². The van der Waals surface area contributed by atoms with Crippen LogP contribution in [0.1, 0.15) is 30.5 Å². The van der Waals surface area contributed by atoms with E-state index >= 15 is 0 Å². The molecule has 3 nitrogen and oxygen atoms in total. The highest BCUT2D eigenvalue weighted by Crippen LogP contribution is 2.27. The third kappa shape index (κ3) is 4.60. The number of hydrogen-bond acceptors (Lipinski definition) is 2.